The van der Waals surface area contributed by atoms with Crippen molar-refractivity contribution in [2.75, 3.05) is 12.4 Å². The van der Waals surface area contributed by atoms with Gasteiger partial charge in [-0.3, -0.25) is 14.5 Å². The highest BCUT2D eigenvalue weighted by Gasteiger charge is 2.35. The highest BCUT2D eigenvalue weighted by Crippen LogP contribution is 2.17. The number of likely N-dealkylation sites (N-methyl/N-ethyl adjacent to an activating group) is 1. The second kappa shape index (κ2) is 3.96. The topological polar surface area (TPSA) is 49.4 Å². The van der Waals surface area contributed by atoms with E-state index in [1.165, 1.54) is 11.9 Å². The molecule has 1 saturated heterocycles. The summed E-state index contributed by atoms with van der Waals surface area (Å²) in [6.45, 7) is 2.00. The van der Waals surface area contributed by atoms with Crippen molar-refractivity contribution < 1.29 is 9.59 Å². The average Bonchev–Trinajstić information content (AvgIpc) is 2.50. The SMILES string of the molecule is Cc1ccc(NC2CC(=O)N(C)C2=O)cc1. The number of amides is 2. The van der Waals surface area contributed by atoms with Crippen molar-refractivity contribution in [1.82, 2.24) is 4.90 Å². The van der Waals surface area contributed by atoms with Gasteiger partial charge in [-0.1, -0.05) is 17.7 Å². The Morgan fingerprint density at radius 1 is 1.25 bits per heavy atom. The molecule has 1 aliphatic rings. The summed E-state index contributed by atoms with van der Waals surface area (Å²) in [7, 11) is 1.52. The summed E-state index contributed by atoms with van der Waals surface area (Å²) in [5.74, 6) is -0.291. The lowest BCUT2D eigenvalue weighted by molar-refractivity contribution is -0.136. The number of anilines is 1. The Morgan fingerprint density at radius 2 is 1.88 bits per heavy atom. The van der Waals surface area contributed by atoms with E-state index in [1.807, 2.05) is 31.2 Å². The molecular formula is C12H14N2O2. The van der Waals surface area contributed by atoms with Crippen LogP contribution in [0.4, 0.5) is 5.69 Å². The van der Waals surface area contributed by atoms with Gasteiger partial charge in [-0.05, 0) is 19.1 Å². The monoisotopic (exact) mass is 218 g/mol. The van der Waals surface area contributed by atoms with Crippen LogP contribution in [-0.2, 0) is 9.59 Å². The number of carbonyl (C=O) groups is 2. The van der Waals surface area contributed by atoms with Gasteiger partial charge in [0.05, 0.1) is 6.42 Å². The largest absolute Gasteiger partial charge is 0.373 e. The fourth-order valence-corrected chi connectivity index (χ4v) is 1.72. The number of nitrogens with zero attached hydrogens (tertiary/aromatic N) is 1. The molecule has 0 aliphatic carbocycles. The lowest BCUT2D eigenvalue weighted by Gasteiger charge is -2.12. The molecule has 1 aliphatic heterocycles. The molecule has 1 heterocycles. The summed E-state index contributed by atoms with van der Waals surface area (Å²) in [5, 5.41) is 3.07. The molecule has 1 aromatic carbocycles. The van der Waals surface area contributed by atoms with E-state index in [0.717, 1.165) is 11.3 Å². The fraction of sp³-hybridized carbons (Fsp3) is 0.333. The maximum absolute atomic E-state index is 11.6. The van der Waals surface area contributed by atoms with Crippen LogP contribution in [0.1, 0.15) is 12.0 Å². The first-order valence-electron chi connectivity index (χ1n) is 5.21. The lowest BCUT2D eigenvalue weighted by atomic mass is 10.2. The minimum Gasteiger partial charge on any atom is -0.373 e. The van der Waals surface area contributed by atoms with Crippen molar-refractivity contribution in [3.05, 3.63) is 29.8 Å². The van der Waals surface area contributed by atoms with Crippen molar-refractivity contribution in [2.45, 2.75) is 19.4 Å². The van der Waals surface area contributed by atoms with Gasteiger partial charge >= 0.3 is 0 Å². The summed E-state index contributed by atoms with van der Waals surface area (Å²) in [6.07, 6.45) is 0.239. The zero-order chi connectivity index (χ0) is 11.7. The molecule has 0 bridgehead atoms. The maximum atomic E-state index is 11.6. The normalized spacial score (nSPS) is 20.4. The van der Waals surface area contributed by atoms with E-state index in [1.54, 1.807) is 0 Å². The third kappa shape index (κ3) is 1.91. The molecular weight excluding hydrogens is 204 g/mol. The standard InChI is InChI=1S/C12H14N2O2/c1-8-3-5-9(6-4-8)13-10-7-11(15)14(2)12(10)16/h3-6,10,13H,7H2,1-2H3. The fourth-order valence-electron chi connectivity index (χ4n) is 1.72. The van der Waals surface area contributed by atoms with E-state index in [0.29, 0.717) is 0 Å². The number of rotatable bonds is 2. The molecule has 2 amide bonds. The van der Waals surface area contributed by atoms with E-state index in [4.69, 9.17) is 0 Å². The highest BCUT2D eigenvalue weighted by atomic mass is 16.2. The predicted octanol–water partition coefficient (Wildman–Crippen LogP) is 1.16. The van der Waals surface area contributed by atoms with Crippen LogP contribution >= 0.6 is 0 Å². The molecule has 1 atom stereocenters. The Bertz CT molecular complexity index is 425. The molecule has 2 rings (SSSR count). The number of carbonyl (C=O) groups excluding carboxylic acids is 2. The highest BCUT2D eigenvalue weighted by molar-refractivity contribution is 6.06. The molecule has 4 heteroatoms. The third-order valence-corrected chi connectivity index (χ3v) is 2.77. The van der Waals surface area contributed by atoms with Gasteiger partial charge in [-0.25, -0.2) is 0 Å². The van der Waals surface area contributed by atoms with Crippen molar-refractivity contribution >= 4 is 17.5 Å². The van der Waals surface area contributed by atoms with Gasteiger partial charge in [-0.2, -0.15) is 0 Å². The third-order valence-electron chi connectivity index (χ3n) is 2.77. The molecule has 1 unspecified atom stereocenters. The molecule has 0 radical (unpaired) electrons. The first kappa shape index (κ1) is 10.7. The summed E-state index contributed by atoms with van der Waals surface area (Å²) < 4.78 is 0. The maximum Gasteiger partial charge on any atom is 0.251 e. The van der Waals surface area contributed by atoms with Crippen LogP contribution < -0.4 is 5.32 Å². The Kier molecular flexibility index (Phi) is 2.64. The number of aryl methyl sites for hydroxylation is 1. The predicted molar refractivity (Wildman–Crippen MR) is 61.0 cm³/mol. The van der Waals surface area contributed by atoms with Gasteiger partial charge in [-0.15, -0.1) is 0 Å². The van der Waals surface area contributed by atoms with Gasteiger partial charge in [0.15, 0.2) is 0 Å². The quantitative estimate of drug-likeness (QED) is 0.758. The van der Waals surface area contributed by atoms with E-state index >= 15 is 0 Å². The Balaban J connectivity index is 2.09. The van der Waals surface area contributed by atoms with Crippen molar-refractivity contribution in [3.8, 4) is 0 Å². The minimum atomic E-state index is -0.416. The summed E-state index contributed by atoms with van der Waals surface area (Å²) in [4.78, 5) is 24.1. The number of likely N-dealkylation sites (tertiary alicyclic amines) is 1. The average molecular weight is 218 g/mol. The van der Waals surface area contributed by atoms with Crippen LogP contribution in [0.15, 0.2) is 24.3 Å². The van der Waals surface area contributed by atoms with Gasteiger partial charge < -0.3 is 5.32 Å². The van der Waals surface area contributed by atoms with Gasteiger partial charge in [0, 0.05) is 12.7 Å². The molecule has 0 saturated carbocycles. The van der Waals surface area contributed by atoms with Gasteiger partial charge in [0.2, 0.25) is 5.91 Å². The molecule has 1 N–H and O–H groups in total. The number of hydrogen-bond acceptors (Lipinski definition) is 3. The van der Waals surface area contributed by atoms with Crippen LogP contribution in [0.3, 0.4) is 0 Å². The van der Waals surface area contributed by atoms with Crippen molar-refractivity contribution in [2.24, 2.45) is 0 Å². The molecule has 0 spiro atoms. The van der Waals surface area contributed by atoms with E-state index in [-0.39, 0.29) is 18.2 Å². The Labute approximate surface area is 94.2 Å². The molecule has 1 aromatic rings. The second-order valence-electron chi connectivity index (χ2n) is 4.06. The van der Waals surface area contributed by atoms with Crippen LogP contribution in [0, 0.1) is 6.92 Å². The van der Waals surface area contributed by atoms with Crippen LogP contribution in [0.5, 0.6) is 0 Å². The molecule has 1 fully saturated rings. The Hall–Kier alpha value is -1.84. The van der Waals surface area contributed by atoms with Crippen LogP contribution in [0.25, 0.3) is 0 Å². The second-order valence-corrected chi connectivity index (χ2v) is 4.06. The number of benzene rings is 1. The molecule has 4 nitrogen and oxygen atoms in total. The summed E-state index contributed by atoms with van der Waals surface area (Å²) in [5.41, 5.74) is 2.03. The zero-order valence-electron chi connectivity index (χ0n) is 9.36. The van der Waals surface area contributed by atoms with Crippen molar-refractivity contribution in [1.29, 1.82) is 0 Å². The van der Waals surface area contributed by atoms with Crippen LogP contribution in [-0.4, -0.2) is 29.8 Å². The lowest BCUT2D eigenvalue weighted by Crippen LogP contribution is -2.31. The Morgan fingerprint density at radius 3 is 2.38 bits per heavy atom. The number of nitrogens with one attached hydrogen (secondary N) is 1. The van der Waals surface area contributed by atoms with E-state index in [2.05, 4.69) is 5.32 Å². The van der Waals surface area contributed by atoms with E-state index < -0.39 is 6.04 Å². The van der Waals surface area contributed by atoms with Crippen molar-refractivity contribution in [3.63, 3.8) is 0 Å². The summed E-state index contributed by atoms with van der Waals surface area (Å²) >= 11 is 0. The first-order chi connectivity index (χ1) is 7.58. The van der Waals surface area contributed by atoms with Crippen LogP contribution in [0.2, 0.25) is 0 Å². The van der Waals surface area contributed by atoms with Gasteiger partial charge in [0.1, 0.15) is 6.04 Å². The number of hydrogen-bond donors (Lipinski definition) is 1. The molecule has 0 aromatic heterocycles. The zero-order valence-corrected chi connectivity index (χ0v) is 9.36. The first-order valence-corrected chi connectivity index (χ1v) is 5.21. The summed E-state index contributed by atoms with van der Waals surface area (Å²) in [6, 6.07) is 7.33. The molecule has 84 valence electrons. The molecule has 16 heavy (non-hydrogen) atoms. The number of imide groups is 1. The van der Waals surface area contributed by atoms with E-state index in [9.17, 15) is 9.59 Å². The van der Waals surface area contributed by atoms with Gasteiger partial charge in [0.25, 0.3) is 5.91 Å². The smallest absolute Gasteiger partial charge is 0.251 e. The minimum absolute atomic E-state index is 0.130.